The molecule has 0 bridgehead atoms. The lowest BCUT2D eigenvalue weighted by molar-refractivity contribution is -0.123. The van der Waals surface area contributed by atoms with Gasteiger partial charge in [-0.05, 0) is 106 Å². The summed E-state index contributed by atoms with van der Waals surface area (Å²) in [6.07, 6.45) is 14.6. The molecular formula is C31H60N6O3. The van der Waals surface area contributed by atoms with Crippen molar-refractivity contribution in [3.63, 3.8) is 0 Å². The molecule has 0 radical (unpaired) electrons. The maximum absolute atomic E-state index is 12.3. The quantitative estimate of drug-likeness (QED) is 0.0530. The van der Waals surface area contributed by atoms with Crippen molar-refractivity contribution >= 4 is 23.3 Å². The molecule has 232 valence electrons. The van der Waals surface area contributed by atoms with Gasteiger partial charge in [0, 0.05) is 30.8 Å². The molecule has 0 aromatic carbocycles. The first kappa shape index (κ1) is 37.9. The van der Waals surface area contributed by atoms with Crippen LogP contribution in [0.3, 0.4) is 0 Å². The van der Waals surface area contributed by atoms with E-state index in [-0.39, 0.29) is 17.7 Å². The van der Waals surface area contributed by atoms with Gasteiger partial charge in [0.2, 0.25) is 11.8 Å². The molecule has 0 aliphatic heterocycles. The van der Waals surface area contributed by atoms with Gasteiger partial charge in [-0.15, -0.1) is 0 Å². The van der Waals surface area contributed by atoms with Crippen molar-refractivity contribution in [2.75, 3.05) is 28.2 Å². The van der Waals surface area contributed by atoms with Crippen LogP contribution in [0, 0.1) is 5.92 Å². The molecule has 0 fully saturated rings. The number of ketones is 1. The molecule has 0 aliphatic rings. The number of nitrogens with two attached hydrogens (primary N) is 1. The third-order valence-electron chi connectivity index (χ3n) is 7.88. The van der Waals surface area contributed by atoms with E-state index in [1.165, 1.54) is 19.3 Å². The fourth-order valence-corrected chi connectivity index (χ4v) is 4.67. The molecule has 2 amide bonds. The third kappa shape index (κ3) is 18.3. The smallest absolute Gasteiger partial charge is 0.240 e. The van der Waals surface area contributed by atoms with Crippen LogP contribution in [0.4, 0.5) is 0 Å². The second-order valence-electron chi connectivity index (χ2n) is 11.7. The fraction of sp³-hybridized carbons (Fsp3) is 0.806. The van der Waals surface area contributed by atoms with Gasteiger partial charge in [0.15, 0.2) is 0 Å². The number of unbranched alkanes of at least 4 members (excludes halogenated alkanes) is 4. The van der Waals surface area contributed by atoms with Gasteiger partial charge in [0.25, 0.3) is 0 Å². The number of hydrogen-bond acceptors (Lipinski definition) is 7. The van der Waals surface area contributed by atoms with Crippen LogP contribution in [-0.4, -0.2) is 73.4 Å². The Labute approximate surface area is 244 Å². The molecule has 3 unspecified atom stereocenters. The van der Waals surface area contributed by atoms with Gasteiger partial charge in [-0.2, -0.15) is 5.10 Å². The van der Waals surface area contributed by atoms with Crippen LogP contribution in [0.1, 0.15) is 118 Å². The van der Waals surface area contributed by atoms with Crippen LogP contribution in [0.5, 0.6) is 0 Å². The van der Waals surface area contributed by atoms with Crippen molar-refractivity contribution in [1.82, 2.24) is 20.7 Å². The minimum atomic E-state index is -0.225. The zero-order chi connectivity index (χ0) is 30.5. The Bertz CT molecular complexity index is 794. The summed E-state index contributed by atoms with van der Waals surface area (Å²) in [7, 11) is 8.38. The number of amides is 2. The lowest BCUT2D eigenvalue weighted by atomic mass is 9.89. The summed E-state index contributed by atoms with van der Waals surface area (Å²) in [5.41, 5.74) is 6.73. The number of hydrazine groups is 1. The molecule has 0 aromatic heterocycles. The summed E-state index contributed by atoms with van der Waals surface area (Å²) in [5.74, 6) is 5.19. The van der Waals surface area contributed by atoms with Gasteiger partial charge in [0.1, 0.15) is 5.78 Å². The number of hydrazone groups is 1. The van der Waals surface area contributed by atoms with E-state index in [4.69, 9.17) is 5.84 Å². The number of Topliss-reactive ketones (excluding diaryl/α,β-unsaturated/α-hetero) is 1. The summed E-state index contributed by atoms with van der Waals surface area (Å²) in [6, 6.07) is 0.731. The Morgan fingerprint density at radius 1 is 0.850 bits per heavy atom. The van der Waals surface area contributed by atoms with Gasteiger partial charge in [-0.25, -0.2) is 11.3 Å². The minimum Gasteiger partial charge on any atom is -0.306 e. The topological polar surface area (TPSA) is 120 Å². The molecule has 4 N–H and O–H groups in total. The summed E-state index contributed by atoms with van der Waals surface area (Å²) in [4.78, 5) is 40.2. The highest BCUT2D eigenvalue weighted by atomic mass is 16.2. The molecule has 0 saturated heterocycles. The van der Waals surface area contributed by atoms with Gasteiger partial charge < -0.3 is 9.80 Å². The van der Waals surface area contributed by atoms with Gasteiger partial charge in [-0.3, -0.25) is 19.8 Å². The Hall–Kier alpha value is -2.10. The first-order valence-corrected chi connectivity index (χ1v) is 15.3. The predicted octanol–water partition coefficient (Wildman–Crippen LogP) is 4.96. The molecule has 0 heterocycles. The number of nitrogens with one attached hydrogen (secondary N) is 2. The summed E-state index contributed by atoms with van der Waals surface area (Å²) in [5, 5.41) is 4.40. The molecule has 0 spiro atoms. The highest BCUT2D eigenvalue weighted by Crippen LogP contribution is 2.22. The molecule has 0 aliphatic carbocycles. The van der Waals surface area contributed by atoms with Gasteiger partial charge in [0.05, 0.1) is 5.71 Å². The molecule has 0 aromatic rings. The number of carbonyl (C=O) groups excluding carboxylic acids is 3. The Balaban J connectivity index is 5.17. The number of allylic oxidation sites excluding steroid dienone is 1. The summed E-state index contributed by atoms with van der Waals surface area (Å²) >= 11 is 0. The average molecular weight is 565 g/mol. The lowest BCUT2D eigenvalue weighted by Gasteiger charge is -2.26. The molecule has 0 saturated carbocycles. The first-order chi connectivity index (χ1) is 18.9. The number of rotatable bonds is 23. The SMILES string of the molecule is CCCCCCC(CCC(CC/C=C(CC(C)N(C)C)\C(C)=N\NC(=O)CCCCC(=O)NN)N(C)C)C(C)=O. The van der Waals surface area contributed by atoms with Crippen LogP contribution < -0.4 is 16.7 Å². The van der Waals surface area contributed by atoms with Crippen LogP contribution >= 0.6 is 0 Å². The molecule has 0 rings (SSSR count). The molecule has 9 nitrogen and oxygen atoms in total. The second kappa shape index (κ2) is 22.6. The predicted molar refractivity (Wildman–Crippen MR) is 167 cm³/mol. The highest BCUT2D eigenvalue weighted by Gasteiger charge is 2.19. The summed E-state index contributed by atoms with van der Waals surface area (Å²) < 4.78 is 0. The van der Waals surface area contributed by atoms with E-state index in [0.717, 1.165) is 56.2 Å². The van der Waals surface area contributed by atoms with Crippen molar-refractivity contribution in [2.45, 2.75) is 130 Å². The van der Waals surface area contributed by atoms with Crippen molar-refractivity contribution < 1.29 is 14.4 Å². The largest absolute Gasteiger partial charge is 0.306 e. The fourth-order valence-electron chi connectivity index (χ4n) is 4.67. The van der Waals surface area contributed by atoms with Crippen LogP contribution in [0.15, 0.2) is 16.8 Å². The van der Waals surface area contributed by atoms with Gasteiger partial charge in [-0.1, -0.05) is 38.7 Å². The monoisotopic (exact) mass is 564 g/mol. The third-order valence-corrected chi connectivity index (χ3v) is 7.88. The lowest BCUT2D eigenvalue weighted by Crippen LogP contribution is -2.29. The number of carbonyl (C=O) groups is 3. The van der Waals surface area contributed by atoms with E-state index in [1.807, 2.05) is 6.92 Å². The van der Waals surface area contributed by atoms with Crippen molar-refractivity contribution in [2.24, 2.45) is 16.9 Å². The number of hydrogen-bond donors (Lipinski definition) is 3. The summed E-state index contributed by atoms with van der Waals surface area (Å²) in [6.45, 7) is 8.09. The second-order valence-corrected chi connectivity index (χ2v) is 11.7. The maximum Gasteiger partial charge on any atom is 0.240 e. The van der Waals surface area contributed by atoms with E-state index >= 15 is 0 Å². The highest BCUT2D eigenvalue weighted by molar-refractivity contribution is 5.98. The maximum atomic E-state index is 12.3. The van der Waals surface area contributed by atoms with E-state index in [1.54, 1.807) is 6.92 Å². The normalized spacial score (nSPS) is 14.8. The minimum absolute atomic E-state index is 0.157. The zero-order valence-corrected chi connectivity index (χ0v) is 26.9. The van der Waals surface area contributed by atoms with Crippen LogP contribution in [0.25, 0.3) is 0 Å². The molecular weight excluding hydrogens is 504 g/mol. The van der Waals surface area contributed by atoms with Crippen LogP contribution in [0.2, 0.25) is 0 Å². The first-order valence-electron chi connectivity index (χ1n) is 15.3. The van der Waals surface area contributed by atoms with E-state index < -0.39 is 0 Å². The molecule has 40 heavy (non-hydrogen) atoms. The Kier molecular flexibility index (Phi) is 21.4. The van der Waals surface area contributed by atoms with Gasteiger partial charge >= 0.3 is 0 Å². The number of nitrogens with zero attached hydrogens (tertiary/aromatic N) is 3. The van der Waals surface area contributed by atoms with Crippen molar-refractivity contribution in [3.8, 4) is 0 Å². The molecule has 3 atom stereocenters. The van der Waals surface area contributed by atoms with E-state index in [9.17, 15) is 14.4 Å². The Morgan fingerprint density at radius 3 is 2.05 bits per heavy atom. The molecule has 9 heteroatoms. The van der Waals surface area contributed by atoms with Crippen molar-refractivity contribution in [1.29, 1.82) is 0 Å². The zero-order valence-electron chi connectivity index (χ0n) is 26.9. The van der Waals surface area contributed by atoms with Crippen LogP contribution in [-0.2, 0) is 14.4 Å². The Morgan fingerprint density at radius 2 is 1.50 bits per heavy atom. The van der Waals surface area contributed by atoms with Crippen molar-refractivity contribution in [3.05, 3.63) is 11.6 Å². The van der Waals surface area contributed by atoms with E-state index in [0.29, 0.717) is 43.6 Å². The standard InChI is InChI=1S/C31H60N6O3/c1-9-10-11-12-16-27(26(4)38)21-22-29(37(7)8)18-15-17-28(23-24(2)36(5)6)25(3)34-35-31(40)20-14-13-19-30(39)33-32/h17,24,27,29H,9-16,18-23,32H2,1-8H3,(H,33,39)(H,35,40)/b28-17-,34-25+. The average Bonchev–Trinajstić information content (AvgIpc) is 2.90. The van der Waals surface area contributed by atoms with E-state index in [2.05, 4.69) is 73.9 Å².